The van der Waals surface area contributed by atoms with Gasteiger partial charge in [0.1, 0.15) is 5.82 Å². The van der Waals surface area contributed by atoms with E-state index in [1.165, 1.54) is 12.8 Å². The van der Waals surface area contributed by atoms with Gasteiger partial charge in [-0.15, -0.1) is 0 Å². The summed E-state index contributed by atoms with van der Waals surface area (Å²) in [6.07, 6.45) is 9.20. The van der Waals surface area contributed by atoms with Crippen molar-refractivity contribution < 1.29 is 4.79 Å². The van der Waals surface area contributed by atoms with Crippen LogP contribution in [-0.2, 0) is 17.8 Å². The minimum Gasteiger partial charge on any atom is -0.342 e. The third kappa shape index (κ3) is 3.90. The molecule has 0 radical (unpaired) electrons. The van der Waals surface area contributed by atoms with Gasteiger partial charge in [0.05, 0.1) is 6.42 Å². The molecule has 2 fully saturated rings. The maximum absolute atomic E-state index is 12.7. The Labute approximate surface area is 153 Å². The van der Waals surface area contributed by atoms with Crippen LogP contribution < -0.4 is 0 Å². The Kier molecular flexibility index (Phi) is 4.80. The summed E-state index contributed by atoms with van der Waals surface area (Å²) in [7, 11) is 0. The summed E-state index contributed by atoms with van der Waals surface area (Å²) in [5, 5.41) is 0.671. The molecule has 1 aromatic heterocycles. The fourth-order valence-electron chi connectivity index (χ4n) is 3.74. The lowest BCUT2D eigenvalue weighted by molar-refractivity contribution is -0.131. The van der Waals surface area contributed by atoms with E-state index < -0.39 is 0 Å². The largest absolute Gasteiger partial charge is 0.342 e. The average molecular weight is 358 g/mol. The van der Waals surface area contributed by atoms with Crippen molar-refractivity contribution in [2.45, 2.75) is 44.6 Å². The number of benzene rings is 1. The number of carbonyl (C=O) groups excluding carboxylic acids is 1. The van der Waals surface area contributed by atoms with Crippen molar-refractivity contribution in [1.82, 2.24) is 14.5 Å². The number of amides is 1. The van der Waals surface area contributed by atoms with Crippen molar-refractivity contribution in [2.75, 3.05) is 13.1 Å². The first-order chi connectivity index (χ1) is 12.2. The normalized spacial score (nSPS) is 20.7. The molecule has 1 unspecified atom stereocenters. The Balaban J connectivity index is 1.43. The van der Waals surface area contributed by atoms with E-state index >= 15 is 0 Å². The third-order valence-electron chi connectivity index (χ3n) is 5.34. The van der Waals surface area contributed by atoms with E-state index in [1.54, 1.807) is 0 Å². The summed E-state index contributed by atoms with van der Waals surface area (Å²) in [4.78, 5) is 19.4. The van der Waals surface area contributed by atoms with Crippen LogP contribution in [0.5, 0.6) is 0 Å². The van der Waals surface area contributed by atoms with Gasteiger partial charge in [-0.2, -0.15) is 0 Å². The highest BCUT2D eigenvalue weighted by Crippen LogP contribution is 2.33. The zero-order valence-electron chi connectivity index (χ0n) is 14.4. The van der Waals surface area contributed by atoms with Crippen LogP contribution in [0.2, 0.25) is 5.02 Å². The number of hydrogen-bond donors (Lipinski definition) is 0. The number of nitrogens with zero attached hydrogens (tertiary/aromatic N) is 3. The molecule has 1 saturated carbocycles. The average Bonchev–Trinajstić information content (AvgIpc) is 3.32. The van der Waals surface area contributed by atoms with Gasteiger partial charge in [-0.05, 0) is 43.2 Å². The maximum atomic E-state index is 12.7. The molecule has 0 spiro atoms. The number of rotatable bonds is 5. The van der Waals surface area contributed by atoms with Gasteiger partial charge in [0.2, 0.25) is 5.91 Å². The first-order valence-corrected chi connectivity index (χ1v) is 9.60. The summed E-state index contributed by atoms with van der Waals surface area (Å²) in [5.41, 5.74) is 0.909. The van der Waals surface area contributed by atoms with E-state index in [2.05, 4.69) is 15.7 Å². The molecule has 4 rings (SSSR count). The molecule has 0 N–H and O–H groups in total. The summed E-state index contributed by atoms with van der Waals surface area (Å²) < 4.78 is 2.31. The number of carbonyl (C=O) groups is 1. The molecule has 5 heteroatoms. The molecular formula is C20H24ClN3O. The van der Waals surface area contributed by atoms with E-state index in [1.807, 2.05) is 35.4 Å². The number of piperidine rings is 1. The van der Waals surface area contributed by atoms with Crippen LogP contribution in [0.3, 0.4) is 0 Å². The van der Waals surface area contributed by atoms with Gasteiger partial charge in [0.15, 0.2) is 0 Å². The van der Waals surface area contributed by atoms with Gasteiger partial charge in [-0.3, -0.25) is 4.79 Å². The van der Waals surface area contributed by atoms with Gasteiger partial charge >= 0.3 is 0 Å². The zero-order valence-corrected chi connectivity index (χ0v) is 15.2. The minimum absolute atomic E-state index is 0.165. The highest BCUT2D eigenvalue weighted by atomic mass is 35.5. The zero-order chi connectivity index (χ0) is 17.2. The molecule has 1 aliphatic carbocycles. The third-order valence-corrected chi connectivity index (χ3v) is 5.71. The first-order valence-electron chi connectivity index (χ1n) is 9.23. The Morgan fingerprint density at radius 3 is 2.88 bits per heavy atom. The molecule has 0 bridgehead atoms. The lowest BCUT2D eigenvalue weighted by Crippen LogP contribution is -2.40. The predicted octanol–water partition coefficient (Wildman–Crippen LogP) is 3.90. The molecule has 1 amide bonds. The van der Waals surface area contributed by atoms with Crippen molar-refractivity contribution in [3.05, 3.63) is 53.1 Å². The highest BCUT2D eigenvalue weighted by molar-refractivity contribution is 6.31. The van der Waals surface area contributed by atoms with Crippen LogP contribution in [0.25, 0.3) is 0 Å². The molecule has 1 atom stereocenters. The monoisotopic (exact) mass is 357 g/mol. The SMILES string of the molecule is O=C(Cc1ccccc1Cl)N1CCCC(c2nccn2CC2CC2)C1. The van der Waals surface area contributed by atoms with Gasteiger partial charge in [-0.1, -0.05) is 29.8 Å². The standard InChI is InChI=1S/C20H24ClN3O/c21-18-6-2-1-4-16(18)12-19(25)23-10-3-5-17(14-23)20-22-9-11-24(20)13-15-7-8-15/h1-2,4,6,9,11,15,17H,3,5,7-8,10,12-14H2. The molecule has 25 heavy (non-hydrogen) atoms. The Bertz CT molecular complexity index is 753. The van der Waals surface area contributed by atoms with E-state index in [-0.39, 0.29) is 5.91 Å². The van der Waals surface area contributed by atoms with Crippen LogP contribution in [0.1, 0.15) is 43.0 Å². The summed E-state index contributed by atoms with van der Waals surface area (Å²) in [5.74, 6) is 2.49. The molecular weight excluding hydrogens is 334 g/mol. The smallest absolute Gasteiger partial charge is 0.227 e. The Morgan fingerprint density at radius 2 is 2.08 bits per heavy atom. The van der Waals surface area contributed by atoms with Crippen molar-refractivity contribution in [3.63, 3.8) is 0 Å². The number of aromatic nitrogens is 2. The van der Waals surface area contributed by atoms with Crippen LogP contribution in [0.4, 0.5) is 0 Å². The molecule has 4 nitrogen and oxygen atoms in total. The van der Waals surface area contributed by atoms with Crippen molar-refractivity contribution in [2.24, 2.45) is 5.92 Å². The van der Waals surface area contributed by atoms with Crippen molar-refractivity contribution in [1.29, 1.82) is 0 Å². The minimum atomic E-state index is 0.165. The molecule has 132 valence electrons. The number of likely N-dealkylation sites (tertiary alicyclic amines) is 1. The Morgan fingerprint density at radius 1 is 1.24 bits per heavy atom. The molecule has 1 saturated heterocycles. The summed E-state index contributed by atoms with van der Waals surface area (Å²) in [6, 6.07) is 7.61. The Hall–Kier alpha value is -1.81. The molecule has 2 aromatic rings. The fourth-order valence-corrected chi connectivity index (χ4v) is 3.95. The van der Waals surface area contributed by atoms with Gasteiger partial charge in [0.25, 0.3) is 0 Å². The predicted molar refractivity (Wildman–Crippen MR) is 98.7 cm³/mol. The first kappa shape index (κ1) is 16.6. The van der Waals surface area contributed by atoms with Gasteiger partial charge < -0.3 is 9.47 Å². The van der Waals surface area contributed by atoms with E-state index in [9.17, 15) is 4.79 Å². The summed E-state index contributed by atoms with van der Waals surface area (Å²) >= 11 is 6.21. The van der Waals surface area contributed by atoms with E-state index in [0.29, 0.717) is 17.4 Å². The van der Waals surface area contributed by atoms with E-state index in [0.717, 1.165) is 49.8 Å². The lowest BCUT2D eigenvalue weighted by atomic mass is 9.96. The highest BCUT2D eigenvalue weighted by Gasteiger charge is 2.29. The van der Waals surface area contributed by atoms with Crippen molar-refractivity contribution >= 4 is 17.5 Å². The topological polar surface area (TPSA) is 38.1 Å². The van der Waals surface area contributed by atoms with Crippen molar-refractivity contribution in [3.8, 4) is 0 Å². The second kappa shape index (κ2) is 7.20. The fraction of sp³-hybridized carbons (Fsp3) is 0.500. The lowest BCUT2D eigenvalue weighted by Gasteiger charge is -2.33. The van der Waals surface area contributed by atoms with Crippen LogP contribution in [0.15, 0.2) is 36.7 Å². The molecule has 2 heterocycles. The van der Waals surface area contributed by atoms with Crippen LogP contribution >= 0.6 is 11.6 Å². The van der Waals surface area contributed by atoms with Gasteiger partial charge in [0, 0.05) is 43.0 Å². The molecule has 1 aliphatic heterocycles. The number of halogens is 1. The quantitative estimate of drug-likeness (QED) is 0.814. The summed E-state index contributed by atoms with van der Waals surface area (Å²) in [6.45, 7) is 2.69. The number of imidazole rings is 1. The van der Waals surface area contributed by atoms with E-state index in [4.69, 9.17) is 11.6 Å². The molecule has 2 aliphatic rings. The second-order valence-electron chi connectivity index (χ2n) is 7.33. The second-order valence-corrected chi connectivity index (χ2v) is 7.74. The maximum Gasteiger partial charge on any atom is 0.227 e. The van der Waals surface area contributed by atoms with Crippen LogP contribution in [0, 0.1) is 5.92 Å². The van der Waals surface area contributed by atoms with Crippen LogP contribution in [-0.4, -0.2) is 33.4 Å². The number of hydrogen-bond acceptors (Lipinski definition) is 2. The van der Waals surface area contributed by atoms with Gasteiger partial charge in [-0.25, -0.2) is 4.98 Å². The molecule has 1 aromatic carbocycles.